The summed E-state index contributed by atoms with van der Waals surface area (Å²) in [4.78, 5) is 59.4. The maximum atomic E-state index is 12.9. The van der Waals surface area contributed by atoms with E-state index in [4.69, 9.17) is 14.2 Å². The van der Waals surface area contributed by atoms with Crippen molar-refractivity contribution in [2.75, 3.05) is 37.3 Å². The molecule has 3 fully saturated rings. The normalized spacial score (nSPS) is 19.5. The number of fused-ring (bicyclic) bond motifs is 3. The Bertz CT molecular complexity index is 4120. The molecule has 0 radical (unpaired) electrons. The van der Waals surface area contributed by atoms with Crippen LogP contribution in [0.15, 0.2) is 110 Å². The zero-order valence-corrected chi connectivity index (χ0v) is 51.8. The van der Waals surface area contributed by atoms with E-state index in [-0.39, 0.29) is 46.7 Å². The Hall–Kier alpha value is -9.71. The van der Waals surface area contributed by atoms with Crippen molar-refractivity contribution < 1.29 is 83.1 Å². The van der Waals surface area contributed by atoms with Gasteiger partial charge in [-0.3, -0.25) is 33.2 Å². The number of nitrogens with one attached hydrogen (secondary N) is 3. The fourth-order valence-corrected chi connectivity index (χ4v) is 11.5. The second-order valence-electron chi connectivity index (χ2n) is 24.0. The number of ether oxygens (including phenoxy) is 3. The Kier molecular flexibility index (Phi) is 19.6. The van der Waals surface area contributed by atoms with Gasteiger partial charge >= 0.3 is 18.5 Å². The molecule has 95 heavy (non-hydrogen) atoms. The van der Waals surface area contributed by atoms with Crippen LogP contribution in [0.3, 0.4) is 0 Å². The van der Waals surface area contributed by atoms with Gasteiger partial charge in [-0.25, -0.2) is 15.0 Å². The third kappa shape index (κ3) is 16.4. The fraction of sp³-hybridized carbons (Fsp3) is 0.385. The highest BCUT2D eigenvalue weighted by Gasteiger charge is 2.37. The topological polar surface area (TPSA) is 265 Å². The lowest BCUT2D eigenvalue weighted by Crippen LogP contribution is -2.31. The second kappa shape index (κ2) is 27.3. The van der Waals surface area contributed by atoms with Crippen LogP contribution in [0.5, 0.6) is 17.2 Å². The number of rotatable bonds is 12. The van der Waals surface area contributed by atoms with Crippen LogP contribution in [0.4, 0.5) is 56.6 Å². The standard InChI is InChI=1S/2C22H23F3N4O3.C21H19F3N4O3/c2*1-21(31)8-6-14(7-9-21)29-12-13-10-17(18(32-2)11-16(13)28-29)27-20(30)15-4-3-5-19(26-15)22(23,24)25;1-31-18-10-16-12(11-28(27-16)13-5-7-14(29)8-6-13)9-17(18)26-20(30)15-3-2-4-19(25-15)21(22,23)24/h2*3-5,10-12,14,31H,6-9H2,1-2H3,(H,27,30);2-4,9-11,13H,5-8H2,1H3,(H,26,30). The molecule has 0 bridgehead atoms. The number of hydrogen-bond donors (Lipinski definition) is 5. The molecule has 3 saturated carbocycles. The number of ketones is 1. The lowest BCUT2D eigenvalue weighted by molar-refractivity contribution is -0.142. The van der Waals surface area contributed by atoms with Crippen LogP contribution in [0.2, 0.25) is 0 Å². The molecule has 3 aliphatic rings. The molecule has 12 rings (SSSR count). The Morgan fingerprint density at radius 3 is 1.00 bits per heavy atom. The molecule has 3 amide bonds. The van der Waals surface area contributed by atoms with Crippen LogP contribution in [0, 0.1) is 0 Å². The van der Waals surface area contributed by atoms with Gasteiger partial charge in [0.05, 0.1) is 84.3 Å². The predicted molar refractivity (Wildman–Crippen MR) is 329 cm³/mol. The largest absolute Gasteiger partial charge is 0.494 e. The van der Waals surface area contributed by atoms with Gasteiger partial charge in [-0.2, -0.15) is 54.8 Å². The molecule has 3 aromatic carbocycles. The molecule has 6 aromatic heterocycles. The number of Topliss-reactive ketones (excluding diaryl/α,β-unsaturated/α-hetero) is 1. The van der Waals surface area contributed by atoms with Crippen molar-refractivity contribution in [1.29, 1.82) is 0 Å². The number of methoxy groups -OCH3 is 3. The van der Waals surface area contributed by atoms with Crippen LogP contribution in [-0.4, -0.2) is 111 Å². The number of nitrogens with zero attached hydrogens (tertiary/aromatic N) is 9. The van der Waals surface area contributed by atoms with Crippen molar-refractivity contribution in [3.8, 4) is 17.2 Å². The summed E-state index contributed by atoms with van der Waals surface area (Å²) in [5.74, 6) is -1.13. The molecule has 502 valence electrons. The molecule has 6 heterocycles. The first-order chi connectivity index (χ1) is 44.8. The number of carbonyl (C=O) groups excluding carboxylic acids is 4. The van der Waals surface area contributed by atoms with Crippen molar-refractivity contribution in [2.24, 2.45) is 0 Å². The first kappa shape index (κ1) is 68.2. The lowest BCUT2D eigenvalue weighted by atomic mass is 9.84. The molecule has 5 N–H and O–H groups in total. The Morgan fingerprint density at radius 2 is 0.737 bits per heavy atom. The molecule has 0 aliphatic heterocycles. The molecular formula is C65H65F9N12O9. The number of benzene rings is 3. The molecule has 0 spiro atoms. The summed E-state index contributed by atoms with van der Waals surface area (Å²) >= 11 is 0. The third-order valence-corrected chi connectivity index (χ3v) is 16.8. The Morgan fingerprint density at radius 1 is 0.463 bits per heavy atom. The minimum Gasteiger partial charge on any atom is -0.494 e. The molecule has 0 unspecified atom stereocenters. The number of pyridine rings is 3. The van der Waals surface area contributed by atoms with E-state index >= 15 is 0 Å². The number of amides is 3. The van der Waals surface area contributed by atoms with Crippen LogP contribution < -0.4 is 30.2 Å². The van der Waals surface area contributed by atoms with Crippen molar-refractivity contribution in [2.45, 2.75) is 139 Å². The zero-order chi connectivity index (χ0) is 68.4. The molecule has 21 nitrogen and oxygen atoms in total. The average molecular weight is 1330 g/mol. The molecule has 30 heteroatoms. The van der Waals surface area contributed by atoms with Gasteiger partial charge < -0.3 is 40.4 Å². The summed E-state index contributed by atoms with van der Waals surface area (Å²) in [7, 11) is 4.28. The van der Waals surface area contributed by atoms with Gasteiger partial charge in [0.25, 0.3) is 17.7 Å². The van der Waals surface area contributed by atoms with E-state index in [2.05, 4.69) is 46.2 Å². The summed E-state index contributed by atoms with van der Waals surface area (Å²) in [6.07, 6.45) is -0.00175. The predicted octanol–water partition coefficient (Wildman–Crippen LogP) is 13.5. The zero-order valence-electron chi connectivity index (χ0n) is 51.8. The van der Waals surface area contributed by atoms with Crippen LogP contribution in [0.25, 0.3) is 32.7 Å². The number of carbonyl (C=O) groups is 4. The van der Waals surface area contributed by atoms with E-state index in [0.29, 0.717) is 83.7 Å². The van der Waals surface area contributed by atoms with Gasteiger partial charge in [0.15, 0.2) is 0 Å². The maximum absolute atomic E-state index is 12.9. The van der Waals surface area contributed by atoms with Gasteiger partial charge in [-0.15, -0.1) is 0 Å². The number of halogens is 9. The average Bonchev–Trinajstić information content (AvgIpc) is 1.66. The Labute approximate surface area is 536 Å². The minimum atomic E-state index is -4.65. The van der Waals surface area contributed by atoms with E-state index in [1.54, 1.807) is 36.4 Å². The van der Waals surface area contributed by atoms with Crippen LogP contribution in [-0.2, 0) is 23.3 Å². The van der Waals surface area contributed by atoms with E-state index in [9.17, 15) is 68.9 Å². The van der Waals surface area contributed by atoms with E-state index in [0.717, 1.165) is 91.1 Å². The van der Waals surface area contributed by atoms with Gasteiger partial charge in [0, 0.05) is 65.8 Å². The van der Waals surface area contributed by atoms with Crippen molar-refractivity contribution in [3.63, 3.8) is 0 Å². The molecular weight excluding hydrogens is 1260 g/mol. The number of hydrogen-bond acceptors (Lipinski definition) is 15. The molecule has 0 atom stereocenters. The van der Waals surface area contributed by atoms with Crippen molar-refractivity contribution >= 4 is 73.3 Å². The number of alkyl halides is 9. The lowest BCUT2D eigenvalue weighted by Gasteiger charge is -2.33. The second-order valence-corrected chi connectivity index (χ2v) is 24.0. The summed E-state index contributed by atoms with van der Waals surface area (Å²) in [5, 5.41) is 44.1. The van der Waals surface area contributed by atoms with Gasteiger partial charge in [0.1, 0.15) is 57.2 Å². The first-order valence-electron chi connectivity index (χ1n) is 30.1. The Balaban J connectivity index is 0.000000155. The fourth-order valence-electron chi connectivity index (χ4n) is 11.5. The quantitative estimate of drug-likeness (QED) is 0.0712. The first-order valence-corrected chi connectivity index (χ1v) is 30.1. The summed E-state index contributed by atoms with van der Waals surface area (Å²) in [5.41, 5.74) is -2.94. The van der Waals surface area contributed by atoms with E-state index in [1.807, 2.05) is 46.5 Å². The number of aromatic nitrogens is 9. The minimum absolute atomic E-state index is 0.114. The monoisotopic (exact) mass is 1330 g/mol. The van der Waals surface area contributed by atoms with Crippen molar-refractivity contribution in [1.82, 2.24) is 44.3 Å². The highest BCUT2D eigenvalue weighted by atomic mass is 19.4. The smallest absolute Gasteiger partial charge is 0.433 e. The van der Waals surface area contributed by atoms with Crippen molar-refractivity contribution in [3.05, 3.63) is 144 Å². The molecule has 3 aliphatic carbocycles. The highest BCUT2D eigenvalue weighted by Crippen LogP contribution is 2.40. The van der Waals surface area contributed by atoms with E-state index < -0.39 is 64.5 Å². The van der Waals surface area contributed by atoms with Gasteiger partial charge in [0.2, 0.25) is 0 Å². The van der Waals surface area contributed by atoms with Crippen LogP contribution >= 0.6 is 0 Å². The summed E-state index contributed by atoms with van der Waals surface area (Å²) in [6, 6.07) is 19.8. The third-order valence-electron chi connectivity index (χ3n) is 16.8. The number of anilines is 3. The SMILES string of the molecule is COc1cc2nn(C3CCC(=O)CC3)cc2cc1NC(=O)c1cccc(C(F)(F)F)n1.COc1cc2nn(C3CCC(C)(O)CC3)cc2cc1NC(=O)c1cccc(C(F)(F)F)n1.COc1cc2nn(C3CCC(C)(O)CC3)cc2cc1NC(=O)c1cccc(C(F)(F)F)n1. The molecule has 0 saturated heterocycles. The summed E-state index contributed by atoms with van der Waals surface area (Å²) in [6.45, 7) is 3.67. The molecule has 9 aromatic rings. The van der Waals surface area contributed by atoms with Crippen LogP contribution in [0.1, 0.15) is 158 Å². The van der Waals surface area contributed by atoms with Gasteiger partial charge in [-0.1, -0.05) is 18.2 Å². The number of aliphatic hydroxyl groups is 2. The van der Waals surface area contributed by atoms with E-state index in [1.165, 1.54) is 39.5 Å². The maximum Gasteiger partial charge on any atom is 0.433 e. The summed E-state index contributed by atoms with van der Waals surface area (Å²) < 4.78 is 138. The highest BCUT2D eigenvalue weighted by molar-refractivity contribution is 6.07. The van der Waals surface area contributed by atoms with Gasteiger partial charge in [-0.05, 0) is 133 Å².